The number of furan rings is 1. The van der Waals surface area contributed by atoms with Crippen molar-refractivity contribution in [1.82, 2.24) is 0 Å². The lowest BCUT2D eigenvalue weighted by Crippen LogP contribution is -1.97. The van der Waals surface area contributed by atoms with Gasteiger partial charge >= 0.3 is 0 Å². The predicted octanol–water partition coefficient (Wildman–Crippen LogP) is 16.0. The first kappa shape index (κ1) is 41.8. The van der Waals surface area contributed by atoms with Gasteiger partial charge in [-0.15, -0.1) is 0 Å². The maximum absolute atomic E-state index is 6.32. The van der Waals surface area contributed by atoms with E-state index in [1.165, 1.54) is 55.3 Å². The molecule has 1 aromatic heterocycles. The Morgan fingerprint density at radius 2 is 0.968 bits per heavy atom. The summed E-state index contributed by atoms with van der Waals surface area (Å²) >= 11 is 0. The Balaban J connectivity index is 0.000000187. The molecule has 0 radical (unpaired) electrons. The number of amidine groups is 1. The van der Waals surface area contributed by atoms with E-state index < -0.39 is 0 Å². The maximum atomic E-state index is 6.32. The minimum absolute atomic E-state index is 0.596. The predicted molar refractivity (Wildman–Crippen MR) is 270 cm³/mol. The van der Waals surface area contributed by atoms with Gasteiger partial charge in [0.25, 0.3) is 0 Å². The third-order valence-electron chi connectivity index (χ3n) is 10.9. The Bertz CT molecular complexity index is 3160. The summed E-state index contributed by atoms with van der Waals surface area (Å²) in [5.41, 5.74) is 14.7. The van der Waals surface area contributed by atoms with Crippen LogP contribution in [0.3, 0.4) is 0 Å². The molecule has 0 unspecified atom stereocenters. The molecule has 1 heterocycles. The molecule has 0 fully saturated rings. The van der Waals surface area contributed by atoms with Crippen molar-refractivity contribution in [2.75, 3.05) is 0 Å². The lowest BCUT2D eigenvalue weighted by atomic mass is 9.94. The number of nitrogens with zero attached hydrogens (tertiary/aromatic N) is 3. The van der Waals surface area contributed by atoms with Gasteiger partial charge in [-0.1, -0.05) is 190 Å². The fraction of sp³-hybridized carbons (Fsp3) is 0.0678. The minimum Gasteiger partial charge on any atom is -0.456 e. The van der Waals surface area contributed by atoms with E-state index in [-0.39, 0.29) is 0 Å². The van der Waals surface area contributed by atoms with Crippen molar-refractivity contribution in [3.8, 4) is 44.5 Å². The lowest BCUT2D eigenvalue weighted by Gasteiger charge is -2.10. The molecule has 0 aliphatic carbocycles. The van der Waals surface area contributed by atoms with Crippen molar-refractivity contribution < 1.29 is 4.42 Å². The highest BCUT2D eigenvalue weighted by Gasteiger charge is 2.14. The monoisotopic (exact) mass is 815 g/mol. The SMILES string of the molecule is C=NC(=NCc1ccc(-c2ccccc2)cc1)c1ccccc1.C=NCc1cccc(-c2cccc(-c3cccc(-c4cccc5oc6cc7ccccc7cc6c45)c3)c2)c1.CC. The molecule has 0 amide bonds. The third-order valence-corrected chi connectivity index (χ3v) is 10.9. The van der Waals surface area contributed by atoms with E-state index in [0.29, 0.717) is 18.9 Å². The highest BCUT2D eigenvalue weighted by molar-refractivity contribution is 6.15. The van der Waals surface area contributed by atoms with Crippen LogP contribution in [0.15, 0.2) is 232 Å². The summed E-state index contributed by atoms with van der Waals surface area (Å²) in [6, 6.07) is 74.0. The average molecular weight is 816 g/mol. The quantitative estimate of drug-likeness (QED) is 0.106. The molecule has 0 saturated heterocycles. The smallest absolute Gasteiger partial charge is 0.154 e. The largest absolute Gasteiger partial charge is 0.456 e. The summed E-state index contributed by atoms with van der Waals surface area (Å²) in [7, 11) is 0. The van der Waals surface area contributed by atoms with Crippen LogP contribution in [0.25, 0.3) is 77.2 Å². The van der Waals surface area contributed by atoms with Crippen molar-refractivity contribution in [2.45, 2.75) is 26.9 Å². The summed E-state index contributed by atoms with van der Waals surface area (Å²) in [5, 5.41) is 4.71. The zero-order valence-electron chi connectivity index (χ0n) is 35.8. The van der Waals surface area contributed by atoms with E-state index in [1.807, 2.05) is 50.2 Å². The van der Waals surface area contributed by atoms with Crippen LogP contribution in [0.1, 0.15) is 30.5 Å². The molecule has 4 heteroatoms. The Hall–Kier alpha value is -7.95. The van der Waals surface area contributed by atoms with Gasteiger partial charge in [0.05, 0.1) is 13.1 Å². The topological polar surface area (TPSA) is 50.2 Å². The normalized spacial score (nSPS) is 11.0. The Kier molecular flexibility index (Phi) is 13.3. The number of hydrogen-bond donors (Lipinski definition) is 0. The van der Waals surface area contributed by atoms with Crippen molar-refractivity contribution in [3.63, 3.8) is 0 Å². The highest BCUT2D eigenvalue weighted by atomic mass is 16.3. The van der Waals surface area contributed by atoms with Gasteiger partial charge in [-0.2, -0.15) is 0 Å². The van der Waals surface area contributed by atoms with Gasteiger partial charge in [0.1, 0.15) is 11.2 Å². The van der Waals surface area contributed by atoms with Gasteiger partial charge in [-0.05, 0) is 116 Å². The molecule has 0 aliphatic heterocycles. The van der Waals surface area contributed by atoms with Crippen LogP contribution >= 0.6 is 0 Å². The molecule has 0 atom stereocenters. The van der Waals surface area contributed by atoms with Crippen LogP contribution in [0.4, 0.5) is 0 Å². The fourth-order valence-electron chi connectivity index (χ4n) is 7.89. The zero-order valence-corrected chi connectivity index (χ0v) is 35.8. The van der Waals surface area contributed by atoms with E-state index in [2.05, 4.69) is 204 Å². The summed E-state index contributed by atoms with van der Waals surface area (Å²) in [6.45, 7) is 12.5. The Morgan fingerprint density at radius 3 is 1.63 bits per heavy atom. The van der Waals surface area contributed by atoms with E-state index in [9.17, 15) is 0 Å². The van der Waals surface area contributed by atoms with Crippen molar-refractivity contribution in [2.24, 2.45) is 15.0 Å². The van der Waals surface area contributed by atoms with Crippen molar-refractivity contribution >= 4 is 52.0 Å². The van der Waals surface area contributed by atoms with Crippen LogP contribution in [0.2, 0.25) is 0 Å². The summed E-state index contributed by atoms with van der Waals surface area (Å²) in [4.78, 5) is 12.7. The molecule has 9 aromatic carbocycles. The van der Waals surface area contributed by atoms with Gasteiger partial charge in [-0.25, -0.2) is 4.99 Å². The van der Waals surface area contributed by atoms with Gasteiger partial charge < -0.3 is 4.42 Å². The average Bonchev–Trinajstić information content (AvgIpc) is 3.73. The van der Waals surface area contributed by atoms with Crippen molar-refractivity contribution in [1.29, 1.82) is 0 Å². The summed E-state index contributed by atoms with van der Waals surface area (Å²) < 4.78 is 6.32. The lowest BCUT2D eigenvalue weighted by molar-refractivity contribution is 0.669. The molecule has 306 valence electrons. The standard InChI is InChI=1S/C36H25NO.C21H18N2.C2H6/c1-37-23-24-8-4-11-25(18-24)26-12-5-13-27(19-26)28-14-6-15-31(20-28)32-16-7-17-34-36(32)33-21-29-9-2-3-10-30(29)22-35(33)38-34;1-22-21(20-10-6-3-7-11-20)23-16-17-12-14-19(15-13-17)18-8-4-2-5-9-18;1-2/h2-22H,1,23H2;2-15H,1,16H2;1-2H3. The number of fused-ring (bicyclic) bond motifs is 4. The van der Waals surface area contributed by atoms with E-state index >= 15 is 0 Å². The second-order valence-corrected chi connectivity index (χ2v) is 14.9. The zero-order chi connectivity index (χ0) is 43.4. The van der Waals surface area contributed by atoms with Gasteiger partial charge in [0.2, 0.25) is 0 Å². The summed E-state index contributed by atoms with van der Waals surface area (Å²) in [5.74, 6) is 0.678. The molecule has 0 bridgehead atoms. The second kappa shape index (κ2) is 20.1. The minimum atomic E-state index is 0.596. The second-order valence-electron chi connectivity index (χ2n) is 14.9. The molecule has 63 heavy (non-hydrogen) atoms. The van der Waals surface area contributed by atoms with Crippen LogP contribution in [-0.4, -0.2) is 19.3 Å². The molecule has 0 spiro atoms. The van der Waals surface area contributed by atoms with Crippen LogP contribution in [0.5, 0.6) is 0 Å². The van der Waals surface area contributed by atoms with E-state index in [0.717, 1.165) is 38.6 Å². The molecule has 0 aliphatic rings. The molecule has 4 nitrogen and oxygen atoms in total. The van der Waals surface area contributed by atoms with Crippen molar-refractivity contribution in [3.05, 3.63) is 229 Å². The van der Waals surface area contributed by atoms with Gasteiger partial charge in [0, 0.05) is 16.3 Å². The first-order valence-electron chi connectivity index (χ1n) is 21.4. The Labute approximate surface area is 370 Å². The first-order valence-corrected chi connectivity index (χ1v) is 21.4. The first-order chi connectivity index (χ1) is 31.1. The molecule has 10 rings (SSSR count). The molecule has 0 N–H and O–H groups in total. The molecule has 10 aromatic rings. The maximum Gasteiger partial charge on any atom is 0.154 e. The summed E-state index contributed by atoms with van der Waals surface area (Å²) in [6.07, 6.45) is 0. The highest BCUT2D eigenvalue weighted by Crippen LogP contribution is 2.39. The molecular formula is C59H49N3O. The van der Waals surface area contributed by atoms with Gasteiger partial charge in [-0.3, -0.25) is 9.98 Å². The number of hydrogen-bond acceptors (Lipinski definition) is 3. The van der Waals surface area contributed by atoms with Crippen LogP contribution < -0.4 is 0 Å². The number of aliphatic imine (C=N–C) groups is 3. The van der Waals surface area contributed by atoms with Crippen LogP contribution in [-0.2, 0) is 13.1 Å². The van der Waals surface area contributed by atoms with E-state index in [1.54, 1.807) is 0 Å². The van der Waals surface area contributed by atoms with Gasteiger partial charge in [0.15, 0.2) is 5.84 Å². The number of rotatable bonds is 9. The third kappa shape index (κ3) is 9.67. The molecule has 0 saturated carbocycles. The fourth-order valence-corrected chi connectivity index (χ4v) is 7.89. The molecular weight excluding hydrogens is 767 g/mol. The van der Waals surface area contributed by atoms with Crippen LogP contribution in [0, 0.1) is 0 Å². The van der Waals surface area contributed by atoms with E-state index in [4.69, 9.17) is 4.42 Å². The number of benzene rings is 9. The Morgan fingerprint density at radius 1 is 0.429 bits per heavy atom.